The lowest BCUT2D eigenvalue weighted by atomic mass is 9.98. The predicted molar refractivity (Wildman–Crippen MR) is 74.7 cm³/mol. The molecule has 1 aliphatic carbocycles. The maximum atomic E-state index is 10.0. The van der Waals surface area contributed by atoms with Crippen molar-refractivity contribution < 1.29 is 5.11 Å². The molecule has 1 heterocycles. The maximum absolute atomic E-state index is 10.0. The Hall–Kier alpha value is -1.28. The van der Waals surface area contributed by atoms with E-state index < -0.39 is 5.60 Å². The topological polar surface area (TPSA) is 25.2 Å². The van der Waals surface area contributed by atoms with Crippen LogP contribution in [0.15, 0.2) is 30.5 Å². The van der Waals surface area contributed by atoms with Gasteiger partial charge in [-0.2, -0.15) is 0 Å². The summed E-state index contributed by atoms with van der Waals surface area (Å²) in [6.07, 6.45) is 5.69. The zero-order chi connectivity index (χ0) is 12.8. The normalized spacial score (nSPS) is 16.4. The summed E-state index contributed by atoms with van der Waals surface area (Å²) in [6.45, 7) is 4.88. The Morgan fingerprint density at radius 3 is 2.67 bits per heavy atom. The molecule has 0 radical (unpaired) electrons. The molecule has 0 bridgehead atoms. The molecule has 0 saturated heterocycles. The monoisotopic (exact) mass is 243 g/mol. The Kier molecular flexibility index (Phi) is 2.70. The van der Waals surface area contributed by atoms with Crippen LogP contribution in [0.5, 0.6) is 0 Å². The Morgan fingerprint density at radius 2 is 2.00 bits per heavy atom. The smallest absolute Gasteiger partial charge is 0.0632 e. The Balaban J connectivity index is 2.02. The SMILES string of the molecule is CC(C)(O)Cc1cn(CC2CC2)c2ccccc12. The molecule has 96 valence electrons. The van der Waals surface area contributed by atoms with Crippen molar-refractivity contribution in [3.63, 3.8) is 0 Å². The van der Waals surface area contributed by atoms with Gasteiger partial charge in [0.2, 0.25) is 0 Å². The zero-order valence-corrected chi connectivity index (χ0v) is 11.2. The van der Waals surface area contributed by atoms with Crippen LogP contribution in [0.2, 0.25) is 0 Å². The molecule has 0 aliphatic heterocycles. The van der Waals surface area contributed by atoms with E-state index in [-0.39, 0.29) is 0 Å². The summed E-state index contributed by atoms with van der Waals surface area (Å²) in [6, 6.07) is 8.53. The number of nitrogens with zero attached hydrogens (tertiary/aromatic N) is 1. The van der Waals surface area contributed by atoms with Crippen LogP contribution in [-0.4, -0.2) is 15.3 Å². The van der Waals surface area contributed by atoms with Gasteiger partial charge in [0.05, 0.1) is 5.60 Å². The Bertz CT molecular complexity index is 558. The molecule has 2 aromatic rings. The minimum atomic E-state index is -0.644. The van der Waals surface area contributed by atoms with Gasteiger partial charge in [-0.25, -0.2) is 0 Å². The number of aromatic nitrogens is 1. The first kappa shape index (κ1) is 11.8. The van der Waals surface area contributed by atoms with Gasteiger partial charge in [0.1, 0.15) is 0 Å². The minimum Gasteiger partial charge on any atom is -0.390 e. The average molecular weight is 243 g/mol. The molecule has 2 heteroatoms. The third-order valence-corrected chi connectivity index (χ3v) is 3.65. The molecule has 1 fully saturated rings. The van der Waals surface area contributed by atoms with Crippen LogP contribution in [0.3, 0.4) is 0 Å². The largest absolute Gasteiger partial charge is 0.390 e. The molecular weight excluding hydrogens is 222 g/mol. The van der Waals surface area contributed by atoms with E-state index in [1.54, 1.807) is 0 Å². The lowest BCUT2D eigenvalue weighted by Gasteiger charge is -2.16. The second-order valence-corrected chi connectivity index (χ2v) is 6.26. The van der Waals surface area contributed by atoms with E-state index in [2.05, 4.69) is 35.0 Å². The number of hydrogen-bond acceptors (Lipinski definition) is 1. The fraction of sp³-hybridized carbons (Fsp3) is 0.500. The number of benzene rings is 1. The van der Waals surface area contributed by atoms with Gasteiger partial charge in [0.25, 0.3) is 0 Å². The molecular formula is C16H21NO. The van der Waals surface area contributed by atoms with Crippen molar-refractivity contribution in [2.45, 2.75) is 45.3 Å². The van der Waals surface area contributed by atoms with Crippen LogP contribution in [0.4, 0.5) is 0 Å². The van der Waals surface area contributed by atoms with Gasteiger partial charge < -0.3 is 9.67 Å². The summed E-state index contributed by atoms with van der Waals surface area (Å²) in [5.74, 6) is 0.871. The molecule has 0 spiro atoms. The third kappa shape index (κ3) is 2.44. The van der Waals surface area contributed by atoms with Crippen molar-refractivity contribution in [3.8, 4) is 0 Å². The highest BCUT2D eigenvalue weighted by Gasteiger charge is 2.23. The van der Waals surface area contributed by atoms with E-state index in [1.807, 2.05) is 13.8 Å². The molecule has 1 aromatic heterocycles. The van der Waals surface area contributed by atoms with Crippen LogP contribution in [-0.2, 0) is 13.0 Å². The molecule has 2 nitrogen and oxygen atoms in total. The lowest BCUT2D eigenvalue weighted by molar-refractivity contribution is 0.0813. The van der Waals surface area contributed by atoms with Crippen molar-refractivity contribution in [1.82, 2.24) is 4.57 Å². The Labute approximate surface area is 108 Å². The van der Waals surface area contributed by atoms with E-state index in [9.17, 15) is 5.11 Å². The van der Waals surface area contributed by atoms with Crippen LogP contribution in [0.1, 0.15) is 32.3 Å². The highest BCUT2D eigenvalue weighted by Crippen LogP contribution is 2.33. The average Bonchev–Trinajstić information content (AvgIpc) is 3.03. The maximum Gasteiger partial charge on any atom is 0.0632 e. The van der Waals surface area contributed by atoms with E-state index in [0.29, 0.717) is 6.42 Å². The van der Waals surface area contributed by atoms with Gasteiger partial charge in [0, 0.05) is 30.1 Å². The zero-order valence-electron chi connectivity index (χ0n) is 11.2. The first-order valence-electron chi connectivity index (χ1n) is 6.82. The molecule has 1 N–H and O–H groups in total. The van der Waals surface area contributed by atoms with E-state index in [0.717, 1.165) is 12.5 Å². The number of hydrogen-bond donors (Lipinski definition) is 1. The minimum absolute atomic E-state index is 0.644. The van der Waals surface area contributed by atoms with Gasteiger partial charge in [0.15, 0.2) is 0 Å². The van der Waals surface area contributed by atoms with Crippen LogP contribution >= 0.6 is 0 Å². The van der Waals surface area contributed by atoms with Gasteiger partial charge in [-0.05, 0) is 44.2 Å². The quantitative estimate of drug-likeness (QED) is 0.875. The van der Waals surface area contributed by atoms with Crippen LogP contribution in [0, 0.1) is 5.92 Å². The van der Waals surface area contributed by atoms with Gasteiger partial charge >= 0.3 is 0 Å². The highest BCUT2D eigenvalue weighted by atomic mass is 16.3. The number of aliphatic hydroxyl groups is 1. The van der Waals surface area contributed by atoms with Crippen molar-refractivity contribution in [1.29, 1.82) is 0 Å². The van der Waals surface area contributed by atoms with Gasteiger partial charge in [-0.15, -0.1) is 0 Å². The van der Waals surface area contributed by atoms with Crippen LogP contribution in [0.25, 0.3) is 10.9 Å². The standard InChI is InChI=1S/C16H21NO/c1-16(2,18)9-13-11-17(10-12-7-8-12)15-6-4-3-5-14(13)15/h3-6,11-12,18H,7-10H2,1-2H3. The predicted octanol–water partition coefficient (Wildman–Crippen LogP) is 3.36. The second-order valence-electron chi connectivity index (χ2n) is 6.26. The summed E-state index contributed by atoms with van der Waals surface area (Å²) in [4.78, 5) is 0. The van der Waals surface area contributed by atoms with Crippen molar-refractivity contribution in [2.24, 2.45) is 5.92 Å². The molecule has 0 amide bonds. The molecule has 1 saturated carbocycles. The van der Waals surface area contributed by atoms with Crippen molar-refractivity contribution in [3.05, 3.63) is 36.0 Å². The lowest BCUT2D eigenvalue weighted by Crippen LogP contribution is -2.21. The van der Waals surface area contributed by atoms with E-state index >= 15 is 0 Å². The number of para-hydroxylation sites is 1. The molecule has 0 unspecified atom stereocenters. The van der Waals surface area contributed by atoms with Crippen LogP contribution < -0.4 is 0 Å². The summed E-state index contributed by atoms with van der Waals surface area (Å²) >= 11 is 0. The fourth-order valence-corrected chi connectivity index (χ4v) is 2.66. The Morgan fingerprint density at radius 1 is 1.28 bits per heavy atom. The molecule has 0 atom stereocenters. The third-order valence-electron chi connectivity index (χ3n) is 3.65. The van der Waals surface area contributed by atoms with Crippen molar-refractivity contribution >= 4 is 10.9 Å². The molecule has 1 aliphatic rings. The molecule has 18 heavy (non-hydrogen) atoms. The summed E-state index contributed by atoms with van der Waals surface area (Å²) in [7, 11) is 0. The highest BCUT2D eigenvalue weighted by molar-refractivity contribution is 5.84. The molecule has 3 rings (SSSR count). The summed E-state index contributed by atoms with van der Waals surface area (Å²) in [5, 5.41) is 11.3. The summed E-state index contributed by atoms with van der Waals surface area (Å²) < 4.78 is 2.37. The number of rotatable bonds is 4. The fourth-order valence-electron chi connectivity index (χ4n) is 2.66. The van der Waals surface area contributed by atoms with Crippen molar-refractivity contribution in [2.75, 3.05) is 0 Å². The number of fused-ring (bicyclic) bond motifs is 1. The first-order chi connectivity index (χ1) is 8.53. The molecule has 1 aromatic carbocycles. The second kappa shape index (κ2) is 4.13. The van der Waals surface area contributed by atoms with Gasteiger partial charge in [-0.3, -0.25) is 0 Å². The van der Waals surface area contributed by atoms with E-state index in [4.69, 9.17) is 0 Å². The van der Waals surface area contributed by atoms with E-state index in [1.165, 1.54) is 29.3 Å². The first-order valence-corrected chi connectivity index (χ1v) is 6.82. The van der Waals surface area contributed by atoms with Gasteiger partial charge in [-0.1, -0.05) is 18.2 Å². The summed E-state index contributed by atoms with van der Waals surface area (Å²) in [5.41, 5.74) is 1.93.